The molecule has 1 fully saturated rings. The van der Waals surface area contributed by atoms with Crippen LogP contribution in [0.2, 0.25) is 5.02 Å². The minimum Gasteiger partial charge on any atom is -0.390 e. The fourth-order valence-electron chi connectivity index (χ4n) is 4.66. The Bertz CT molecular complexity index is 1060. The maximum atomic E-state index is 11.0. The van der Waals surface area contributed by atoms with E-state index in [-0.39, 0.29) is 6.04 Å². The number of halogens is 1. The molecule has 7 heteroatoms. The van der Waals surface area contributed by atoms with Gasteiger partial charge in [0, 0.05) is 49.0 Å². The van der Waals surface area contributed by atoms with Crippen molar-refractivity contribution in [1.82, 2.24) is 14.9 Å². The van der Waals surface area contributed by atoms with Crippen molar-refractivity contribution in [2.75, 3.05) is 29.9 Å². The number of piperidine rings is 1. The molecule has 6 nitrogen and oxygen atoms in total. The van der Waals surface area contributed by atoms with Gasteiger partial charge in [-0.3, -0.25) is 4.90 Å². The molecule has 3 heterocycles. The predicted octanol–water partition coefficient (Wildman–Crippen LogP) is 3.87. The molecule has 5 rings (SSSR count). The predicted molar refractivity (Wildman–Crippen MR) is 124 cm³/mol. The highest BCUT2D eigenvalue weighted by molar-refractivity contribution is 6.30. The average Bonchev–Trinajstić information content (AvgIpc) is 2.79. The minimum atomic E-state index is -0.418. The molecule has 2 aromatic carbocycles. The minimum absolute atomic E-state index is 0.176. The Balaban J connectivity index is 1.25. The molecular formula is C24H26ClN5O. The van der Waals surface area contributed by atoms with E-state index in [4.69, 9.17) is 11.6 Å². The van der Waals surface area contributed by atoms with Gasteiger partial charge < -0.3 is 15.3 Å². The van der Waals surface area contributed by atoms with Gasteiger partial charge in [-0.1, -0.05) is 41.9 Å². The number of aliphatic hydroxyl groups is 1. The number of fused-ring (bicyclic) bond motifs is 1. The van der Waals surface area contributed by atoms with Crippen LogP contribution in [-0.2, 0) is 13.0 Å². The van der Waals surface area contributed by atoms with Crippen molar-refractivity contribution >= 4 is 28.9 Å². The maximum absolute atomic E-state index is 11.0. The summed E-state index contributed by atoms with van der Waals surface area (Å²) in [7, 11) is 0. The second-order valence-electron chi connectivity index (χ2n) is 8.26. The van der Waals surface area contributed by atoms with E-state index in [1.54, 1.807) is 6.33 Å². The Morgan fingerprint density at radius 1 is 1.00 bits per heavy atom. The molecule has 31 heavy (non-hydrogen) atoms. The topological polar surface area (TPSA) is 64.5 Å². The highest BCUT2D eigenvalue weighted by Crippen LogP contribution is 2.28. The van der Waals surface area contributed by atoms with E-state index < -0.39 is 6.10 Å². The molecule has 0 spiro atoms. The number of anilines is 3. The lowest BCUT2D eigenvalue weighted by molar-refractivity contribution is 0.0293. The molecule has 0 bridgehead atoms. The third-order valence-electron chi connectivity index (χ3n) is 6.25. The fourth-order valence-corrected chi connectivity index (χ4v) is 4.85. The number of hydrogen-bond donors (Lipinski definition) is 2. The largest absolute Gasteiger partial charge is 0.390 e. The molecule has 0 saturated carbocycles. The van der Waals surface area contributed by atoms with Crippen LogP contribution in [0.15, 0.2) is 60.9 Å². The molecule has 1 saturated heterocycles. The first-order valence-corrected chi connectivity index (χ1v) is 11.1. The number of hydrogen-bond acceptors (Lipinski definition) is 6. The van der Waals surface area contributed by atoms with Crippen molar-refractivity contribution in [2.24, 2.45) is 0 Å². The number of nitrogens with one attached hydrogen (secondary N) is 1. The van der Waals surface area contributed by atoms with Crippen LogP contribution >= 0.6 is 11.6 Å². The first-order valence-electron chi connectivity index (χ1n) is 10.7. The zero-order valence-corrected chi connectivity index (χ0v) is 18.0. The summed E-state index contributed by atoms with van der Waals surface area (Å²) >= 11 is 6.07. The van der Waals surface area contributed by atoms with Crippen LogP contribution in [0.4, 0.5) is 17.3 Å². The molecule has 0 amide bonds. The third kappa shape index (κ3) is 4.51. The molecule has 0 radical (unpaired) electrons. The second kappa shape index (κ2) is 8.83. The lowest BCUT2D eigenvalue weighted by Gasteiger charge is -2.43. The van der Waals surface area contributed by atoms with Crippen molar-refractivity contribution < 1.29 is 5.11 Å². The zero-order valence-electron chi connectivity index (χ0n) is 17.3. The molecule has 0 aliphatic carbocycles. The van der Waals surface area contributed by atoms with Crippen LogP contribution in [0.1, 0.15) is 17.5 Å². The Hall–Kier alpha value is -2.67. The van der Waals surface area contributed by atoms with Crippen molar-refractivity contribution in [3.05, 3.63) is 77.1 Å². The van der Waals surface area contributed by atoms with Crippen molar-refractivity contribution in [3.63, 3.8) is 0 Å². The van der Waals surface area contributed by atoms with E-state index in [0.717, 1.165) is 44.0 Å². The average molecular weight is 436 g/mol. The molecule has 2 aliphatic heterocycles. The molecular weight excluding hydrogens is 410 g/mol. The van der Waals surface area contributed by atoms with Gasteiger partial charge in [0.05, 0.1) is 6.10 Å². The van der Waals surface area contributed by atoms with Gasteiger partial charge in [-0.25, -0.2) is 9.97 Å². The monoisotopic (exact) mass is 435 g/mol. The SMILES string of the molecule is O[C@@H]1CN(c2cc(Nc3cccc(Cl)c3)ncn2)CC[C@H]1N1CCc2ccccc2C1. The quantitative estimate of drug-likeness (QED) is 0.648. The lowest BCUT2D eigenvalue weighted by atomic mass is 9.94. The molecule has 1 aromatic heterocycles. The third-order valence-corrected chi connectivity index (χ3v) is 6.48. The molecule has 160 valence electrons. The number of nitrogens with zero attached hydrogens (tertiary/aromatic N) is 4. The van der Waals surface area contributed by atoms with Crippen molar-refractivity contribution in [1.29, 1.82) is 0 Å². The maximum Gasteiger partial charge on any atom is 0.135 e. The summed E-state index contributed by atoms with van der Waals surface area (Å²) in [6.07, 6.45) is 3.10. The summed E-state index contributed by atoms with van der Waals surface area (Å²) in [5.74, 6) is 1.53. The number of β-amino-alcohol motifs (C(OH)–C–C–N with tert-alkyl or cyclic N) is 1. The molecule has 0 unspecified atom stereocenters. The van der Waals surface area contributed by atoms with E-state index in [1.165, 1.54) is 11.1 Å². The summed E-state index contributed by atoms with van der Waals surface area (Å²) in [5.41, 5.74) is 3.70. The first-order chi connectivity index (χ1) is 15.2. The highest BCUT2D eigenvalue weighted by Gasteiger charge is 2.34. The van der Waals surface area contributed by atoms with Gasteiger partial charge in [0.25, 0.3) is 0 Å². The first kappa shape index (κ1) is 20.2. The van der Waals surface area contributed by atoms with Crippen molar-refractivity contribution in [3.8, 4) is 0 Å². The van der Waals surface area contributed by atoms with Crippen LogP contribution in [0, 0.1) is 0 Å². The van der Waals surface area contributed by atoms with Gasteiger partial charge >= 0.3 is 0 Å². The smallest absolute Gasteiger partial charge is 0.135 e. The van der Waals surface area contributed by atoms with Gasteiger partial charge in [-0.2, -0.15) is 0 Å². The van der Waals surface area contributed by atoms with Crippen LogP contribution in [0.3, 0.4) is 0 Å². The van der Waals surface area contributed by atoms with Gasteiger partial charge in [0.2, 0.25) is 0 Å². The molecule has 2 atom stereocenters. The number of rotatable bonds is 4. The fraction of sp³-hybridized carbons (Fsp3) is 0.333. The van der Waals surface area contributed by atoms with Gasteiger partial charge in [0.15, 0.2) is 0 Å². The van der Waals surface area contributed by atoms with Gasteiger partial charge in [-0.05, 0) is 42.2 Å². The standard InChI is InChI=1S/C24H26ClN5O/c25-19-6-3-7-20(12-19)28-23-13-24(27-16-26-23)30-11-9-21(22(31)15-30)29-10-8-17-4-1-2-5-18(17)14-29/h1-7,12-13,16,21-22,31H,8-11,14-15H2,(H,26,27,28)/t21-,22-/m1/s1. The Labute approximate surface area is 187 Å². The number of aromatic nitrogens is 2. The van der Waals surface area contributed by atoms with Crippen LogP contribution in [0.25, 0.3) is 0 Å². The Kier molecular flexibility index (Phi) is 5.76. The van der Waals surface area contributed by atoms with Gasteiger partial charge in [-0.15, -0.1) is 0 Å². The normalized spacial score (nSPS) is 21.5. The second-order valence-corrected chi connectivity index (χ2v) is 8.69. The lowest BCUT2D eigenvalue weighted by Crippen LogP contribution is -2.55. The summed E-state index contributed by atoms with van der Waals surface area (Å²) in [6.45, 7) is 3.34. The highest BCUT2D eigenvalue weighted by atomic mass is 35.5. The van der Waals surface area contributed by atoms with E-state index in [1.807, 2.05) is 30.3 Å². The van der Waals surface area contributed by atoms with Gasteiger partial charge in [0.1, 0.15) is 18.0 Å². The summed E-state index contributed by atoms with van der Waals surface area (Å²) in [6, 6.07) is 18.3. The number of benzene rings is 2. The summed E-state index contributed by atoms with van der Waals surface area (Å²) in [5, 5.41) is 14.9. The van der Waals surface area contributed by atoms with Crippen LogP contribution in [0.5, 0.6) is 0 Å². The molecule has 2 aliphatic rings. The molecule has 3 aromatic rings. The van der Waals surface area contributed by atoms with E-state index >= 15 is 0 Å². The summed E-state index contributed by atoms with van der Waals surface area (Å²) < 4.78 is 0. The van der Waals surface area contributed by atoms with E-state index in [2.05, 4.69) is 49.4 Å². The van der Waals surface area contributed by atoms with E-state index in [9.17, 15) is 5.11 Å². The number of aliphatic hydroxyl groups excluding tert-OH is 1. The Morgan fingerprint density at radius 2 is 1.87 bits per heavy atom. The van der Waals surface area contributed by atoms with Crippen LogP contribution < -0.4 is 10.2 Å². The van der Waals surface area contributed by atoms with Crippen LogP contribution in [-0.4, -0.2) is 51.8 Å². The van der Waals surface area contributed by atoms with E-state index in [0.29, 0.717) is 17.4 Å². The summed E-state index contributed by atoms with van der Waals surface area (Å²) in [4.78, 5) is 13.4. The van der Waals surface area contributed by atoms with Crippen molar-refractivity contribution in [2.45, 2.75) is 31.5 Å². The zero-order chi connectivity index (χ0) is 21.2. The molecule has 2 N–H and O–H groups in total. The Morgan fingerprint density at radius 3 is 2.71 bits per heavy atom.